The van der Waals surface area contributed by atoms with E-state index in [4.69, 9.17) is 14.6 Å². The first-order chi connectivity index (χ1) is 19.5. The fraction of sp³-hybridized carbons (Fsp3) is 0.206. The summed E-state index contributed by atoms with van der Waals surface area (Å²) in [7, 11) is 0. The van der Waals surface area contributed by atoms with Gasteiger partial charge in [0.2, 0.25) is 0 Å². The van der Waals surface area contributed by atoms with E-state index in [1.165, 1.54) is 35.1 Å². The second-order valence-corrected chi connectivity index (χ2v) is 10.2. The van der Waals surface area contributed by atoms with Crippen molar-refractivity contribution in [3.8, 4) is 11.1 Å². The van der Waals surface area contributed by atoms with Gasteiger partial charge in [-0.15, -0.1) is 0 Å². The molecule has 0 aliphatic heterocycles. The number of amides is 1. The van der Waals surface area contributed by atoms with E-state index >= 15 is 0 Å². The third-order valence-corrected chi connectivity index (χ3v) is 7.41. The minimum absolute atomic E-state index is 0.0586. The van der Waals surface area contributed by atoms with Crippen molar-refractivity contribution in [3.63, 3.8) is 0 Å². The van der Waals surface area contributed by atoms with Gasteiger partial charge in [0.05, 0.1) is 17.1 Å². The highest BCUT2D eigenvalue weighted by atomic mass is 16.2. The molecule has 6 nitrogen and oxygen atoms in total. The summed E-state index contributed by atoms with van der Waals surface area (Å²) in [5, 5.41) is 3.19. The monoisotopic (exact) mass is 529 g/mol. The lowest BCUT2D eigenvalue weighted by molar-refractivity contribution is -0.191. The number of benzene rings is 4. The quantitative estimate of drug-likeness (QED) is 0.250. The van der Waals surface area contributed by atoms with Crippen LogP contribution in [0.2, 0.25) is 0 Å². The average Bonchev–Trinajstić information content (AvgIpc) is 3.79. The third-order valence-electron chi connectivity index (χ3n) is 7.41. The minimum Gasteiger partial charge on any atom is -0.346 e. The smallest absolute Gasteiger partial charge is 0.346 e. The molecule has 1 amide bonds. The molecule has 1 N–H and O–H groups in total. The molecule has 0 unspecified atom stereocenters. The molecule has 1 atom stereocenters. The van der Waals surface area contributed by atoms with Crippen LogP contribution in [0, 0.1) is 6.92 Å². The van der Waals surface area contributed by atoms with Crippen LogP contribution in [-0.4, -0.2) is 21.6 Å². The summed E-state index contributed by atoms with van der Waals surface area (Å²) in [6.07, 6.45) is 2.79. The maximum absolute atomic E-state index is 13.2. The van der Waals surface area contributed by atoms with Crippen LogP contribution in [0.3, 0.4) is 0 Å². The molecule has 1 aliphatic carbocycles. The van der Waals surface area contributed by atoms with Crippen molar-refractivity contribution in [2.24, 2.45) is 0 Å². The van der Waals surface area contributed by atoms with Crippen LogP contribution in [-0.2, 0) is 16.1 Å². The molecule has 0 saturated heterocycles. The molecule has 200 valence electrons. The Morgan fingerprint density at radius 1 is 0.925 bits per heavy atom. The van der Waals surface area contributed by atoms with Crippen LogP contribution < -0.4 is 5.32 Å². The predicted octanol–water partition coefficient (Wildman–Crippen LogP) is 6.84. The van der Waals surface area contributed by atoms with Crippen LogP contribution in [0.5, 0.6) is 0 Å². The summed E-state index contributed by atoms with van der Waals surface area (Å²) in [5.74, 6) is 1.57. The molecule has 1 aliphatic rings. The lowest BCUT2D eigenvalue weighted by Crippen LogP contribution is -2.26. The fourth-order valence-corrected chi connectivity index (χ4v) is 5.06. The molecule has 4 aromatic carbocycles. The van der Waals surface area contributed by atoms with Crippen LogP contribution in [0.25, 0.3) is 22.2 Å². The highest BCUT2D eigenvalue weighted by Gasteiger charge is 2.24. The Morgan fingerprint density at radius 2 is 1.62 bits per heavy atom. The number of carbonyl (C=O) groups excluding carboxylic acids is 3. The molecule has 0 bridgehead atoms. The Bertz CT molecular complexity index is 1660. The SMILES string of the molecule is Cc1nc2ccc(C(=O)N[C@@H](C)c3cccc(C4CC4)c3)cc2n1Cc1ccc(-c2ccccc2)cc1.O=C=O. The largest absolute Gasteiger partial charge is 0.373 e. The van der Waals surface area contributed by atoms with E-state index in [2.05, 4.69) is 89.6 Å². The summed E-state index contributed by atoms with van der Waals surface area (Å²) >= 11 is 0. The minimum atomic E-state index is -0.0659. The molecule has 1 heterocycles. The van der Waals surface area contributed by atoms with Crippen molar-refractivity contribution in [3.05, 3.63) is 125 Å². The molecule has 6 heteroatoms. The van der Waals surface area contributed by atoms with Gasteiger partial charge in [-0.1, -0.05) is 78.9 Å². The van der Waals surface area contributed by atoms with E-state index in [-0.39, 0.29) is 18.1 Å². The van der Waals surface area contributed by atoms with E-state index in [9.17, 15) is 4.79 Å². The number of imidazole rings is 1. The van der Waals surface area contributed by atoms with Gasteiger partial charge in [0.1, 0.15) is 5.82 Å². The van der Waals surface area contributed by atoms with E-state index in [0.717, 1.165) is 22.4 Å². The van der Waals surface area contributed by atoms with Gasteiger partial charge in [0.15, 0.2) is 0 Å². The highest BCUT2D eigenvalue weighted by molar-refractivity contribution is 5.97. The Hall–Kier alpha value is -4.80. The maximum Gasteiger partial charge on any atom is 0.373 e. The van der Waals surface area contributed by atoms with E-state index in [1.807, 2.05) is 31.2 Å². The predicted molar refractivity (Wildman–Crippen MR) is 155 cm³/mol. The van der Waals surface area contributed by atoms with Gasteiger partial charge in [-0.3, -0.25) is 4.79 Å². The number of rotatable bonds is 7. The second kappa shape index (κ2) is 11.9. The van der Waals surface area contributed by atoms with Crippen molar-refractivity contribution >= 4 is 23.1 Å². The molecule has 1 saturated carbocycles. The van der Waals surface area contributed by atoms with Crippen molar-refractivity contribution < 1.29 is 14.4 Å². The summed E-state index contributed by atoms with van der Waals surface area (Å²) < 4.78 is 2.19. The van der Waals surface area contributed by atoms with Gasteiger partial charge in [-0.05, 0) is 78.6 Å². The van der Waals surface area contributed by atoms with Gasteiger partial charge in [-0.2, -0.15) is 9.59 Å². The van der Waals surface area contributed by atoms with Crippen LogP contribution in [0.1, 0.15) is 64.6 Å². The van der Waals surface area contributed by atoms with Gasteiger partial charge >= 0.3 is 6.15 Å². The van der Waals surface area contributed by atoms with E-state index < -0.39 is 0 Å². The van der Waals surface area contributed by atoms with Gasteiger partial charge in [-0.25, -0.2) is 4.98 Å². The maximum atomic E-state index is 13.2. The number of hydrogen-bond acceptors (Lipinski definition) is 4. The molecule has 0 spiro atoms. The molecule has 40 heavy (non-hydrogen) atoms. The van der Waals surface area contributed by atoms with Gasteiger partial charge in [0.25, 0.3) is 5.91 Å². The highest BCUT2D eigenvalue weighted by Crippen LogP contribution is 2.40. The zero-order valence-corrected chi connectivity index (χ0v) is 22.6. The molecule has 1 aromatic heterocycles. The number of nitrogens with one attached hydrogen (secondary N) is 1. The zero-order chi connectivity index (χ0) is 28.1. The Morgan fingerprint density at radius 3 is 2.33 bits per heavy atom. The third kappa shape index (κ3) is 6.09. The van der Waals surface area contributed by atoms with Crippen LogP contribution >= 0.6 is 0 Å². The van der Waals surface area contributed by atoms with Crippen molar-refractivity contribution in [2.45, 2.75) is 45.2 Å². The van der Waals surface area contributed by atoms with E-state index in [0.29, 0.717) is 18.0 Å². The molecule has 1 fully saturated rings. The summed E-state index contributed by atoms with van der Waals surface area (Å²) in [6.45, 7) is 4.77. The molecule has 6 rings (SSSR count). The summed E-state index contributed by atoms with van der Waals surface area (Å²) in [4.78, 5) is 34.2. The normalized spacial score (nSPS) is 13.2. The average molecular weight is 530 g/mol. The number of carbonyl (C=O) groups is 1. The second-order valence-electron chi connectivity index (χ2n) is 10.2. The van der Waals surface area contributed by atoms with Gasteiger partial charge in [0, 0.05) is 12.1 Å². The number of nitrogens with zero attached hydrogens (tertiary/aromatic N) is 2. The van der Waals surface area contributed by atoms with Crippen molar-refractivity contribution in [1.29, 1.82) is 0 Å². The lowest BCUT2D eigenvalue weighted by atomic mass is 10.0. The van der Waals surface area contributed by atoms with E-state index in [1.54, 1.807) is 0 Å². The number of aromatic nitrogens is 2. The lowest BCUT2D eigenvalue weighted by Gasteiger charge is -2.16. The number of aryl methyl sites for hydroxylation is 1. The fourth-order valence-electron chi connectivity index (χ4n) is 5.06. The summed E-state index contributed by atoms with van der Waals surface area (Å²) in [6, 6.07) is 33.4. The Labute approximate surface area is 233 Å². The van der Waals surface area contributed by atoms with Crippen LogP contribution in [0.15, 0.2) is 97.1 Å². The first kappa shape index (κ1) is 26.8. The topological polar surface area (TPSA) is 81.1 Å². The summed E-state index contributed by atoms with van der Waals surface area (Å²) in [5.41, 5.74) is 8.67. The number of hydrogen-bond donors (Lipinski definition) is 1. The molecular weight excluding hydrogens is 498 g/mol. The molecule has 5 aromatic rings. The first-order valence-corrected chi connectivity index (χ1v) is 13.5. The van der Waals surface area contributed by atoms with Crippen LogP contribution in [0.4, 0.5) is 0 Å². The molecule has 0 radical (unpaired) electrons. The first-order valence-electron chi connectivity index (χ1n) is 13.5. The Kier molecular flexibility index (Phi) is 7.99. The van der Waals surface area contributed by atoms with Crippen molar-refractivity contribution in [1.82, 2.24) is 14.9 Å². The Balaban J connectivity index is 0.00000103. The zero-order valence-electron chi connectivity index (χ0n) is 22.6. The van der Waals surface area contributed by atoms with Crippen molar-refractivity contribution in [2.75, 3.05) is 0 Å². The standard InChI is InChI=1S/C33H31N3O.CO2/c1-22(28-9-6-10-29(19-28)27-15-16-27)34-33(37)30-17-18-31-32(20-30)36(23(2)35-31)21-24-11-13-26(14-12-24)25-7-4-3-5-8-25;2-1-3/h3-14,17-20,22,27H,15-16,21H2,1-2H3,(H,34,37);/t22-;/m0./s1. The molecular formula is C34H31N3O3. The number of fused-ring (bicyclic) bond motifs is 1. The van der Waals surface area contributed by atoms with Gasteiger partial charge < -0.3 is 9.88 Å².